The quantitative estimate of drug-likeness (QED) is 0.100. The van der Waals surface area contributed by atoms with Gasteiger partial charge in [-0.05, 0) is 79.0 Å². The van der Waals surface area contributed by atoms with Crippen molar-refractivity contribution in [1.29, 1.82) is 0 Å². The van der Waals surface area contributed by atoms with Gasteiger partial charge in [-0.2, -0.15) is 0 Å². The summed E-state index contributed by atoms with van der Waals surface area (Å²) in [6, 6.07) is 16.8. The molecule has 14 heteroatoms. The average Bonchev–Trinajstić information content (AvgIpc) is 3.65. The molecular formula is C47H50N6O8. The number of anilines is 1. The van der Waals surface area contributed by atoms with Crippen molar-refractivity contribution in [3.63, 3.8) is 0 Å². The zero-order chi connectivity index (χ0) is 41.8. The molecule has 2 saturated carbocycles. The number of pyridine rings is 2. The SMILES string of the molecule is CCC1(CO[C@H]2C[C@H](Oc3ccc(-c4ccc5c6cnccc6n(C)c5c4)cn3)C2)CC(COCCOC2CN(c3ccc4c(c3)C(=O)N(C3CCC(=O)NC3=O)C4=O)C2)C1. The Hall–Kier alpha value is -5.70. The predicted molar refractivity (Wildman–Crippen MR) is 226 cm³/mol. The van der Waals surface area contributed by atoms with Crippen LogP contribution < -0.4 is 15.0 Å². The molecule has 3 aromatic heterocycles. The van der Waals surface area contributed by atoms with Crippen LogP contribution in [0.15, 0.2) is 73.2 Å². The number of nitrogens with zero attached hydrogens (tertiary/aromatic N) is 5. The van der Waals surface area contributed by atoms with E-state index < -0.39 is 29.7 Å². The first-order valence-electron chi connectivity index (χ1n) is 21.5. The summed E-state index contributed by atoms with van der Waals surface area (Å²) in [6.07, 6.45) is 11.3. The Bertz CT molecular complexity index is 2520. The number of fused-ring (bicyclic) bond motifs is 4. The fourth-order valence-corrected chi connectivity index (χ4v) is 9.79. The Morgan fingerprint density at radius 3 is 2.43 bits per heavy atom. The van der Waals surface area contributed by atoms with Crippen LogP contribution in [0.5, 0.6) is 5.88 Å². The Labute approximate surface area is 353 Å². The average molecular weight is 827 g/mol. The van der Waals surface area contributed by atoms with E-state index in [0.717, 1.165) is 72.4 Å². The normalized spacial score (nSPS) is 25.1. The van der Waals surface area contributed by atoms with Gasteiger partial charge in [-0.25, -0.2) is 4.98 Å². The van der Waals surface area contributed by atoms with Crippen molar-refractivity contribution in [3.8, 4) is 17.0 Å². The minimum Gasteiger partial charge on any atom is -0.474 e. The zero-order valence-corrected chi connectivity index (χ0v) is 34.5. The second kappa shape index (κ2) is 16.0. The number of hydrogen-bond acceptors (Lipinski definition) is 11. The molecule has 1 atom stereocenters. The fraction of sp³-hybridized carbons (Fsp3) is 0.447. The topological polar surface area (TPSA) is 154 Å². The number of hydrogen-bond donors (Lipinski definition) is 1. The second-order valence-electron chi connectivity index (χ2n) is 17.5. The lowest BCUT2D eigenvalue weighted by Crippen LogP contribution is -2.54. The number of carbonyl (C=O) groups excluding carboxylic acids is 4. The summed E-state index contributed by atoms with van der Waals surface area (Å²) >= 11 is 0. The van der Waals surface area contributed by atoms with Crippen LogP contribution in [0.1, 0.15) is 72.6 Å². The van der Waals surface area contributed by atoms with Crippen LogP contribution in [0.25, 0.3) is 32.9 Å². The molecule has 4 amide bonds. The maximum absolute atomic E-state index is 13.2. The van der Waals surface area contributed by atoms with E-state index in [9.17, 15) is 19.2 Å². The largest absolute Gasteiger partial charge is 0.474 e. The van der Waals surface area contributed by atoms with E-state index in [1.54, 1.807) is 12.1 Å². The van der Waals surface area contributed by atoms with Crippen LogP contribution in [0.4, 0.5) is 5.69 Å². The number of amides is 4. The summed E-state index contributed by atoms with van der Waals surface area (Å²) in [5, 5.41) is 4.58. The monoisotopic (exact) mass is 826 g/mol. The molecule has 6 heterocycles. The Balaban J connectivity index is 0.601. The number of aromatic nitrogens is 3. The van der Waals surface area contributed by atoms with Gasteiger partial charge in [-0.3, -0.25) is 34.4 Å². The summed E-state index contributed by atoms with van der Waals surface area (Å²) in [5.74, 6) is -0.839. The number of imide groups is 2. The minimum absolute atomic E-state index is 0.0530. The molecule has 2 aromatic carbocycles. The molecule has 2 saturated heterocycles. The number of rotatable bonds is 15. The Morgan fingerprint density at radius 2 is 1.64 bits per heavy atom. The van der Waals surface area contributed by atoms with Gasteiger partial charge >= 0.3 is 0 Å². The number of ether oxygens (including phenoxy) is 4. The molecule has 10 rings (SSSR count). The van der Waals surface area contributed by atoms with Crippen molar-refractivity contribution in [2.24, 2.45) is 18.4 Å². The molecule has 1 unspecified atom stereocenters. The van der Waals surface area contributed by atoms with Crippen molar-refractivity contribution in [2.75, 3.05) is 44.4 Å². The third kappa shape index (κ3) is 7.44. The highest BCUT2D eigenvalue weighted by molar-refractivity contribution is 6.23. The third-order valence-electron chi connectivity index (χ3n) is 13.6. The second-order valence-corrected chi connectivity index (χ2v) is 17.5. The van der Waals surface area contributed by atoms with E-state index in [0.29, 0.717) is 38.1 Å². The molecule has 61 heavy (non-hydrogen) atoms. The van der Waals surface area contributed by atoms with E-state index in [1.807, 2.05) is 36.8 Å². The maximum atomic E-state index is 13.2. The summed E-state index contributed by atoms with van der Waals surface area (Å²) < 4.78 is 26.9. The molecule has 0 radical (unpaired) electrons. The predicted octanol–water partition coefficient (Wildman–Crippen LogP) is 5.84. The van der Waals surface area contributed by atoms with E-state index in [1.165, 1.54) is 16.4 Å². The highest BCUT2D eigenvalue weighted by Gasteiger charge is 2.46. The zero-order valence-electron chi connectivity index (χ0n) is 34.5. The van der Waals surface area contributed by atoms with Crippen LogP contribution in [0.3, 0.4) is 0 Å². The molecule has 14 nitrogen and oxygen atoms in total. The standard InChI is InChI=1S/C47H50N6O8/c1-3-47(27-60-32-18-33(19-32)61-43-11-5-30(22-49-43)29-4-7-35-38-23-48-13-12-39(38)51(2)41(35)16-29)20-28(21-47)26-58-14-15-59-34-24-52(25-34)31-6-8-36-37(17-31)46(57)53(45(36)56)40-9-10-42(54)50-44(40)55/h4-8,11-13,16-17,22-23,28,32-34,40H,3,9-10,14-15,18-21,24-27H2,1-2H3,(H,50,54,55)/t28?,32-,33-,40?,47?. The van der Waals surface area contributed by atoms with Crippen LogP contribution in [-0.2, 0) is 30.8 Å². The van der Waals surface area contributed by atoms with Crippen LogP contribution in [0.2, 0.25) is 0 Å². The Kier molecular flexibility index (Phi) is 10.3. The van der Waals surface area contributed by atoms with Crippen LogP contribution >= 0.6 is 0 Å². The van der Waals surface area contributed by atoms with Crippen molar-refractivity contribution < 1.29 is 38.1 Å². The van der Waals surface area contributed by atoms with Gasteiger partial charge < -0.3 is 28.4 Å². The molecule has 4 fully saturated rings. The highest BCUT2D eigenvalue weighted by Crippen LogP contribution is 2.49. The van der Waals surface area contributed by atoms with E-state index >= 15 is 0 Å². The fourth-order valence-electron chi connectivity index (χ4n) is 9.79. The molecule has 3 aliphatic heterocycles. The minimum atomic E-state index is -0.976. The number of aryl methyl sites for hydroxylation is 1. The van der Waals surface area contributed by atoms with Gasteiger partial charge in [0.1, 0.15) is 12.1 Å². The molecule has 0 spiro atoms. The number of nitrogens with one attached hydrogen (secondary N) is 1. The molecule has 5 aromatic rings. The molecule has 5 aliphatic rings. The third-order valence-corrected chi connectivity index (χ3v) is 13.6. The smallest absolute Gasteiger partial charge is 0.262 e. The van der Waals surface area contributed by atoms with Gasteiger partial charge in [0.15, 0.2) is 0 Å². The summed E-state index contributed by atoms with van der Waals surface area (Å²) in [5.41, 5.74) is 6.10. The first-order chi connectivity index (χ1) is 29.6. The maximum Gasteiger partial charge on any atom is 0.262 e. The Morgan fingerprint density at radius 1 is 0.820 bits per heavy atom. The molecule has 316 valence electrons. The van der Waals surface area contributed by atoms with Crippen LogP contribution in [0, 0.1) is 11.3 Å². The van der Waals surface area contributed by atoms with Gasteiger partial charge in [0.2, 0.25) is 17.7 Å². The lowest BCUT2D eigenvalue weighted by Gasteiger charge is -2.48. The van der Waals surface area contributed by atoms with Crippen molar-refractivity contribution in [3.05, 3.63) is 84.3 Å². The van der Waals surface area contributed by atoms with Crippen LogP contribution in [-0.4, -0.2) is 107 Å². The van der Waals surface area contributed by atoms with Crippen molar-refractivity contribution >= 4 is 51.1 Å². The van der Waals surface area contributed by atoms with E-state index in [-0.39, 0.29) is 47.7 Å². The lowest BCUT2D eigenvalue weighted by atomic mass is 9.61. The molecule has 1 N–H and O–H groups in total. The number of piperidine rings is 1. The van der Waals surface area contributed by atoms with E-state index in [4.69, 9.17) is 18.9 Å². The number of benzene rings is 2. The first kappa shape index (κ1) is 39.4. The molecule has 2 aliphatic carbocycles. The van der Waals surface area contributed by atoms with E-state index in [2.05, 4.69) is 63.0 Å². The lowest BCUT2D eigenvalue weighted by molar-refractivity contribution is -0.136. The highest BCUT2D eigenvalue weighted by atomic mass is 16.5. The van der Waals surface area contributed by atoms with Gasteiger partial charge in [0.05, 0.1) is 48.7 Å². The van der Waals surface area contributed by atoms with Gasteiger partial charge in [0, 0.05) is 98.2 Å². The van der Waals surface area contributed by atoms with Gasteiger partial charge in [-0.15, -0.1) is 0 Å². The van der Waals surface area contributed by atoms with Gasteiger partial charge in [-0.1, -0.05) is 19.1 Å². The summed E-state index contributed by atoms with van der Waals surface area (Å²) in [6.45, 7) is 6.13. The number of carbonyl (C=O) groups is 4. The first-order valence-corrected chi connectivity index (χ1v) is 21.5. The summed E-state index contributed by atoms with van der Waals surface area (Å²) in [4.78, 5) is 62.2. The van der Waals surface area contributed by atoms with Crippen molar-refractivity contribution in [2.45, 2.75) is 76.2 Å². The van der Waals surface area contributed by atoms with Crippen molar-refractivity contribution in [1.82, 2.24) is 24.8 Å². The molecular weight excluding hydrogens is 777 g/mol. The molecule has 0 bridgehead atoms. The summed E-state index contributed by atoms with van der Waals surface area (Å²) in [7, 11) is 2.09. The van der Waals surface area contributed by atoms with Gasteiger partial charge in [0.25, 0.3) is 11.8 Å².